The number of hydrogen-bond acceptors (Lipinski definition) is 5. The highest BCUT2D eigenvalue weighted by atomic mass is 79.9. The Morgan fingerprint density at radius 3 is 2.48 bits per heavy atom. The third kappa shape index (κ3) is 5.15. The summed E-state index contributed by atoms with van der Waals surface area (Å²) in [6.07, 6.45) is 0.747. The first-order valence-electron chi connectivity index (χ1n) is 9.61. The molecular weight excluding hydrogens is 474 g/mol. The molecule has 0 aliphatic carbocycles. The number of nitrogens with one attached hydrogen (secondary N) is 1. The molecule has 8 heteroatoms. The lowest BCUT2D eigenvalue weighted by Crippen LogP contribution is -2.17. The van der Waals surface area contributed by atoms with Crippen LogP contribution in [-0.2, 0) is 11.2 Å². The Bertz CT molecular complexity index is 1200. The number of thioether (sulfide) groups is 1. The van der Waals surface area contributed by atoms with Crippen LogP contribution in [0.3, 0.4) is 0 Å². The number of anilines is 1. The summed E-state index contributed by atoms with van der Waals surface area (Å²) < 4.78 is 2.28. The fourth-order valence-corrected chi connectivity index (χ4v) is 4.25. The van der Waals surface area contributed by atoms with Gasteiger partial charge in [0.05, 0.1) is 5.75 Å². The highest BCUT2D eigenvalue weighted by Crippen LogP contribution is 2.28. The number of aromatic nitrogens is 3. The van der Waals surface area contributed by atoms with Gasteiger partial charge in [0.15, 0.2) is 5.82 Å². The molecular formula is C23H20BrN5OS. The van der Waals surface area contributed by atoms with Gasteiger partial charge in [-0.3, -0.25) is 4.79 Å². The summed E-state index contributed by atoms with van der Waals surface area (Å²) in [5.41, 5.74) is 3.89. The van der Waals surface area contributed by atoms with Gasteiger partial charge in [-0.15, -0.1) is 10.2 Å². The Labute approximate surface area is 193 Å². The molecule has 0 atom stereocenters. The maximum atomic E-state index is 12.6. The lowest BCUT2D eigenvalue weighted by atomic mass is 10.0. The average Bonchev–Trinajstić information content (AvgIpc) is 3.15. The van der Waals surface area contributed by atoms with Crippen molar-refractivity contribution < 1.29 is 4.79 Å². The largest absolute Gasteiger partial charge is 0.335 e. The second-order valence-electron chi connectivity index (χ2n) is 6.81. The summed E-state index contributed by atoms with van der Waals surface area (Å²) in [6.45, 7) is 0. The molecule has 0 aliphatic rings. The summed E-state index contributed by atoms with van der Waals surface area (Å²) in [5, 5.41) is 11.8. The second kappa shape index (κ2) is 9.80. The van der Waals surface area contributed by atoms with E-state index in [-0.39, 0.29) is 11.7 Å². The standard InChI is InChI=1S/C23H20BrN5OS/c24-19-12-6-5-11-18(19)22-27-28-23(29(22)25)31-15-21(30)26-20-13-7-4-10-17(20)14-16-8-2-1-3-9-16/h1-13H,14-15,25H2,(H,26,30). The second-order valence-corrected chi connectivity index (χ2v) is 8.61. The van der Waals surface area contributed by atoms with Crippen molar-refractivity contribution in [1.82, 2.24) is 14.9 Å². The van der Waals surface area contributed by atoms with Gasteiger partial charge in [-0.1, -0.05) is 88.4 Å². The molecule has 31 heavy (non-hydrogen) atoms. The van der Waals surface area contributed by atoms with E-state index in [1.165, 1.54) is 22.0 Å². The third-order valence-electron chi connectivity index (χ3n) is 4.64. The molecule has 0 bridgehead atoms. The summed E-state index contributed by atoms with van der Waals surface area (Å²) in [7, 11) is 0. The molecule has 0 saturated heterocycles. The number of para-hydroxylation sites is 1. The number of amides is 1. The molecule has 0 unspecified atom stereocenters. The van der Waals surface area contributed by atoms with E-state index in [1.54, 1.807) is 0 Å². The highest BCUT2D eigenvalue weighted by Gasteiger charge is 2.16. The van der Waals surface area contributed by atoms with Crippen molar-refractivity contribution in [2.24, 2.45) is 0 Å². The molecule has 1 amide bonds. The normalized spacial score (nSPS) is 10.7. The summed E-state index contributed by atoms with van der Waals surface area (Å²) in [4.78, 5) is 12.6. The number of halogens is 1. The predicted octanol–water partition coefficient (Wildman–Crippen LogP) is 4.74. The van der Waals surface area contributed by atoms with Gasteiger partial charge in [0.2, 0.25) is 11.1 Å². The van der Waals surface area contributed by atoms with Gasteiger partial charge < -0.3 is 11.2 Å². The Kier molecular flexibility index (Phi) is 6.69. The van der Waals surface area contributed by atoms with Crippen molar-refractivity contribution in [3.63, 3.8) is 0 Å². The van der Waals surface area contributed by atoms with Crippen LogP contribution in [0.25, 0.3) is 11.4 Å². The highest BCUT2D eigenvalue weighted by molar-refractivity contribution is 9.10. The maximum Gasteiger partial charge on any atom is 0.234 e. The van der Waals surface area contributed by atoms with Crippen LogP contribution < -0.4 is 11.2 Å². The van der Waals surface area contributed by atoms with Crippen molar-refractivity contribution in [2.75, 3.05) is 16.9 Å². The van der Waals surface area contributed by atoms with Crippen LogP contribution in [0, 0.1) is 0 Å². The number of carbonyl (C=O) groups excluding carboxylic acids is 1. The molecule has 3 N–H and O–H groups in total. The van der Waals surface area contributed by atoms with Crippen LogP contribution in [0.4, 0.5) is 5.69 Å². The molecule has 1 heterocycles. The first-order valence-corrected chi connectivity index (χ1v) is 11.4. The van der Waals surface area contributed by atoms with E-state index < -0.39 is 0 Å². The molecule has 0 fully saturated rings. The first kappa shape index (κ1) is 21.1. The lowest BCUT2D eigenvalue weighted by Gasteiger charge is -2.11. The number of nitrogens with zero attached hydrogens (tertiary/aromatic N) is 3. The minimum atomic E-state index is -0.129. The molecule has 3 aromatic carbocycles. The van der Waals surface area contributed by atoms with Gasteiger partial charge in [0.1, 0.15) is 0 Å². The Morgan fingerprint density at radius 2 is 1.68 bits per heavy atom. The Hall–Kier alpha value is -3.10. The fourth-order valence-electron chi connectivity index (χ4n) is 3.13. The zero-order chi connectivity index (χ0) is 21.6. The van der Waals surface area contributed by atoms with E-state index in [2.05, 4.69) is 43.6 Å². The van der Waals surface area contributed by atoms with Crippen LogP contribution in [0.1, 0.15) is 11.1 Å². The number of rotatable bonds is 7. The topological polar surface area (TPSA) is 85.8 Å². The molecule has 4 aromatic rings. The van der Waals surface area contributed by atoms with Crippen LogP contribution >= 0.6 is 27.7 Å². The molecule has 6 nitrogen and oxygen atoms in total. The summed E-state index contributed by atoms with van der Waals surface area (Å²) in [5.74, 6) is 6.75. The molecule has 156 valence electrons. The Balaban J connectivity index is 1.41. The number of carbonyl (C=O) groups is 1. The van der Waals surface area contributed by atoms with Crippen molar-refractivity contribution in [3.05, 3.63) is 94.5 Å². The number of nitrogens with two attached hydrogens (primary N) is 1. The van der Waals surface area contributed by atoms with Gasteiger partial charge in [0.25, 0.3) is 0 Å². The first-order chi connectivity index (χ1) is 15.1. The van der Waals surface area contributed by atoms with Crippen LogP contribution in [0.5, 0.6) is 0 Å². The molecule has 0 saturated carbocycles. The maximum absolute atomic E-state index is 12.6. The van der Waals surface area contributed by atoms with E-state index in [1.807, 2.05) is 66.7 Å². The van der Waals surface area contributed by atoms with Gasteiger partial charge >= 0.3 is 0 Å². The van der Waals surface area contributed by atoms with Crippen LogP contribution in [0.2, 0.25) is 0 Å². The van der Waals surface area contributed by atoms with Gasteiger partial charge in [-0.2, -0.15) is 0 Å². The SMILES string of the molecule is Nn1c(SCC(=O)Nc2ccccc2Cc2ccccc2)nnc1-c1ccccc1Br. The van der Waals surface area contributed by atoms with E-state index >= 15 is 0 Å². The minimum absolute atomic E-state index is 0.129. The van der Waals surface area contributed by atoms with Crippen molar-refractivity contribution in [2.45, 2.75) is 11.6 Å². The third-order valence-corrected chi connectivity index (χ3v) is 6.28. The lowest BCUT2D eigenvalue weighted by molar-refractivity contribution is -0.113. The van der Waals surface area contributed by atoms with E-state index in [9.17, 15) is 4.79 Å². The van der Waals surface area contributed by atoms with Crippen molar-refractivity contribution in [1.29, 1.82) is 0 Å². The minimum Gasteiger partial charge on any atom is -0.335 e. The molecule has 0 spiro atoms. The van der Waals surface area contributed by atoms with Gasteiger partial charge in [-0.05, 0) is 35.7 Å². The van der Waals surface area contributed by atoms with E-state index in [4.69, 9.17) is 5.84 Å². The van der Waals surface area contributed by atoms with Gasteiger partial charge in [-0.25, -0.2) is 4.68 Å². The van der Waals surface area contributed by atoms with Crippen molar-refractivity contribution >= 4 is 39.3 Å². The average molecular weight is 494 g/mol. The summed E-state index contributed by atoms with van der Waals surface area (Å²) in [6, 6.07) is 25.6. The fraction of sp³-hybridized carbons (Fsp3) is 0.0870. The Morgan fingerprint density at radius 1 is 0.968 bits per heavy atom. The number of hydrogen-bond donors (Lipinski definition) is 2. The molecule has 0 aliphatic heterocycles. The smallest absolute Gasteiger partial charge is 0.234 e. The molecule has 4 rings (SSSR count). The summed E-state index contributed by atoms with van der Waals surface area (Å²) >= 11 is 4.74. The van der Waals surface area contributed by atoms with E-state index in [0.717, 1.165) is 27.7 Å². The quantitative estimate of drug-likeness (QED) is 0.286. The van der Waals surface area contributed by atoms with Crippen LogP contribution in [0.15, 0.2) is 88.5 Å². The van der Waals surface area contributed by atoms with Crippen molar-refractivity contribution in [3.8, 4) is 11.4 Å². The number of nitrogen functional groups attached to an aromatic ring is 1. The van der Waals surface area contributed by atoms with Crippen LogP contribution in [-0.4, -0.2) is 26.5 Å². The van der Waals surface area contributed by atoms with Gasteiger partial charge in [0, 0.05) is 15.7 Å². The molecule has 0 radical (unpaired) electrons. The zero-order valence-electron chi connectivity index (χ0n) is 16.5. The zero-order valence-corrected chi connectivity index (χ0v) is 18.9. The van der Waals surface area contributed by atoms with E-state index in [0.29, 0.717) is 11.0 Å². The predicted molar refractivity (Wildman–Crippen MR) is 128 cm³/mol. The number of benzene rings is 3. The monoisotopic (exact) mass is 493 g/mol. The molecule has 1 aromatic heterocycles.